The van der Waals surface area contributed by atoms with Gasteiger partial charge in [-0.05, 0) is 0 Å². The molecule has 0 aromatic heterocycles. The van der Waals surface area contributed by atoms with Crippen molar-refractivity contribution in [3.8, 4) is 0 Å². The second-order valence-electron chi connectivity index (χ2n) is 0.972. The molecule has 6 N–H and O–H groups in total. The molecule has 8 heavy (non-hydrogen) atoms. The zero-order chi connectivity index (χ0) is 6.73. The van der Waals surface area contributed by atoms with Crippen molar-refractivity contribution in [1.82, 2.24) is 10.3 Å². The summed E-state index contributed by atoms with van der Waals surface area (Å²) in [6.45, 7) is 0. The molecule has 0 radical (unpaired) electrons. The first kappa shape index (κ1) is 7.11. The van der Waals surface area contributed by atoms with E-state index in [1.807, 2.05) is 0 Å². The molecule has 0 rings (SSSR count). The lowest BCUT2D eigenvalue weighted by molar-refractivity contribution is -0.120. The van der Waals surface area contributed by atoms with E-state index in [0.29, 0.717) is 0 Å². The Balaban J connectivity index is 3.65. The van der Waals surface area contributed by atoms with Crippen LogP contribution in [0.1, 0.15) is 0 Å². The molecule has 0 bridgehead atoms. The maximum atomic E-state index is 9.94. The number of urea groups is 1. The highest BCUT2D eigenvalue weighted by molar-refractivity contribution is 5.70. The van der Waals surface area contributed by atoms with Crippen molar-refractivity contribution in [2.45, 2.75) is 0 Å². The summed E-state index contributed by atoms with van der Waals surface area (Å²) in [6, 6.07) is -1.31. The second kappa shape index (κ2) is 2.43. The summed E-state index contributed by atoms with van der Waals surface area (Å²) in [5.41, 5.74) is 0. The molecule has 0 aliphatic rings. The van der Waals surface area contributed by atoms with Crippen LogP contribution in [0.15, 0.2) is 0 Å². The standard InChI is InChI=1S/CH6N4O3/c2-4(7)1(6)5(3)8/h7-8H,2-3H2. The molecule has 7 nitrogen and oxygen atoms in total. The van der Waals surface area contributed by atoms with Gasteiger partial charge in [-0.1, -0.05) is 0 Å². The first-order chi connectivity index (χ1) is 3.55. The third kappa shape index (κ3) is 1.71. The Labute approximate surface area is 44.5 Å². The zero-order valence-electron chi connectivity index (χ0n) is 3.85. The summed E-state index contributed by atoms with van der Waals surface area (Å²) in [7, 11) is 0. The Hall–Kier alpha value is -0.890. The van der Waals surface area contributed by atoms with E-state index in [0.717, 1.165) is 0 Å². The molecule has 0 unspecified atom stereocenters. The second-order valence-corrected chi connectivity index (χ2v) is 0.972. The van der Waals surface area contributed by atoms with Crippen LogP contribution in [0.3, 0.4) is 0 Å². The fourth-order valence-electron chi connectivity index (χ4n) is 0.105. The quantitative estimate of drug-likeness (QED) is 0.131. The van der Waals surface area contributed by atoms with Crippen LogP contribution < -0.4 is 11.7 Å². The fraction of sp³-hybridized carbons (Fsp3) is 0. The van der Waals surface area contributed by atoms with Crippen LogP contribution >= 0.6 is 0 Å². The van der Waals surface area contributed by atoms with Gasteiger partial charge in [0.1, 0.15) is 0 Å². The number of carbonyl (C=O) groups is 1. The average molecular weight is 122 g/mol. The predicted molar refractivity (Wildman–Crippen MR) is 21.0 cm³/mol. The lowest BCUT2D eigenvalue weighted by atomic mass is 11.1. The monoisotopic (exact) mass is 122 g/mol. The number of hydrazine groups is 2. The van der Waals surface area contributed by atoms with Crippen molar-refractivity contribution in [3.63, 3.8) is 0 Å². The van der Waals surface area contributed by atoms with Crippen LogP contribution in [0.4, 0.5) is 4.79 Å². The van der Waals surface area contributed by atoms with Crippen molar-refractivity contribution in [2.75, 3.05) is 0 Å². The summed E-state index contributed by atoms with van der Waals surface area (Å²) in [5.74, 6) is 8.79. The predicted octanol–water partition coefficient (Wildman–Crippen LogP) is -1.76. The van der Waals surface area contributed by atoms with E-state index in [-0.39, 0.29) is 10.3 Å². The first-order valence-corrected chi connectivity index (χ1v) is 1.57. The van der Waals surface area contributed by atoms with Gasteiger partial charge < -0.3 is 0 Å². The molecule has 0 spiro atoms. The van der Waals surface area contributed by atoms with Gasteiger partial charge in [0.25, 0.3) is 0 Å². The zero-order valence-corrected chi connectivity index (χ0v) is 3.85. The van der Waals surface area contributed by atoms with Crippen molar-refractivity contribution in [3.05, 3.63) is 0 Å². The number of rotatable bonds is 0. The largest absolute Gasteiger partial charge is 0.397 e. The van der Waals surface area contributed by atoms with E-state index < -0.39 is 6.03 Å². The highest BCUT2D eigenvalue weighted by Gasteiger charge is 2.09. The Morgan fingerprint density at radius 2 is 1.50 bits per heavy atom. The molecule has 0 heterocycles. The van der Waals surface area contributed by atoms with Gasteiger partial charge in [0.15, 0.2) is 0 Å². The van der Waals surface area contributed by atoms with Crippen molar-refractivity contribution in [2.24, 2.45) is 11.7 Å². The van der Waals surface area contributed by atoms with Gasteiger partial charge >= 0.3 is 6.03 Å². The van der Waals surface area contributed by atoms with Gasteiger partial charge in [0.2, 0.25) is 0 Å². The smallest absolute Gasteiger partial charge is 0.269 e. The number of nitrogens with two attached hydrogens (primary N) is 2. The number of hydrogen-bond donors (Lipinski definition) is 4. The summed E-state index contributed by atoms with van der Waals surface area (Å²) in [4.78, 5) is 9.94. The third-order valence-corrected chi connectivity index (χ3v) is 0.392. The number of hydrogen-bond acceptors (Lipinski definition) is 5. The molecule has 48 valence electrons. The van der Waals surface area contributed by atoms with E-state index in [1.165, 1.54) is 0 Å². The highest BCUT2D eigenvalue weighted by Crippen LogP contribution is 1.76. The lowest BCUT2D eigenvalue weighted by Gasteiger charge is -2.10. The molecule has 0 aromatic rings. The molecule has 0 aliphatic carbocycles. The molecular formula is CH6N4O3. The Morgan fingerprint density at radius 3 is 1.50 bits per heavy atom. The summed E-state index contributed by atoms with van der Waals surface area (Å²) < 4.78 is 0. The van der Waals surface area contributed by atoms with Gasteiger partial charge in [-0.15, -0.1) is 10.3 Å². The van der Waals surface area contributed by atoms with Crippen molar-refractivity contribution < 1.29 is 15.2 Å². The normalized spacial score (nSPS) is 8.50. The van der Waals surface area contributed by atoms with Crippen LogP contribution in [0.5, 0.6) is 0 Å². The van der Waals surface area contributed by atoms with Gasteiger partial charge in [-0.25, -0.2) is 16.5 Å². The highest BCUT2D eigenvalue weighted by atomic mass is 16.6. The minimum absolute atomic E-state index is 0.347. The first-order valence-electron chi connectivity index (χ1n) is 1.57. The molecule has 0 saturated carbocycles. The van der Waals surface area contributed by atoms with E-state index in [1.54, 1.807) is 0 Å². The molecular weight excluding hydrogens is 116 g/mol. The maximum absolute atomic E-state index is 9.94. The molecule has 0 aliphatic heterocycles. The molecule has 0 atom stereocenters. The van der Waals surface area contributed by atoms with Gasteiger partial charge in [-0.2, -0.15) is 0 Å². The number of carbonyl (C=O) groups excluding carboxylic acids is 1. The minimum Gasteiger partial charge on any atom is -0.269 e. The van der Waals surface area contributed by atoms with Gasteiger partial charge in [0, 0.05) is 0 Å². The van der Waals surface area contributed by atoms with Gasteiger partial charge in [0.05, 0.1) is 0 Å². The molecule has 0 saturated heterocycles. The molecule has 0 fully saturated rings. The number of amides is 2. The van der Waals surface area contributed by atoms with E-state index in [2.05, 4.69) is 11.7 Å². The summed E-state index contributed by atoms with van der Waals surface area (Å²) in [5, 5.41) is 15.2. The van der Waals surface area contributed by atoms with Crippen LogP contribution in [0.25, 0.3) is 0 Å². The van der Waals surface area contributed by atoms with Gasteiger partial charge in [-0.3, -0.25) is 10.4 Å². The van der Waals surface area contributed by atoms with Crippen LogP contribution in [0, 0.1) is 0 Å². The van der Waals surface area contributed by atoms with E-state index in [9.17, 15) is 4.79 Å². The van der Waals surface area contributed by atoms with E-state index in [4.69, 9.17) is 10.4 Å². The summed E-state index contributed by atoms with van der Waals surface area (Å²) in [6.07, 6.45) is 0. The van der Waals surface area contributed by atoms with E-state index >= 15 is 0 Å². The molecule has 7 heteroatoms. The summed E-state index contributed by atoms with van der Waals surface area (Å²) >= 11 is 0. The Kier molecular flexibility index (Phi) is 2.16. The Bertz CT molecular complexity index is 79.3. The number of nitrogens with zero attached hydrogens (tertiary/aromatic N) is 2. The van der Waals surface area contributed by atoms with Crippen LogP contribution in [-0.4, -0.2) is 26.8 Å². The molecule has 0 aromatic carbocycles. The van der Waals surface area contributed by atoms with Crippen molar-refractivity contribution >= 4 is 6.03 Å². The van der Waals surface area contributed by atoms with Crippen LogP contribution in [-0.2, 0) is 0 Å². The number of hydroxylamine groups is 2. The topological polar surface area (TPSA) is 116 Å². The van der Waals surface area contributed by atoms with Crippen molar-refractivity contribution in [1.29, 1.82) is 0 Å². The average Bonchev–Trinajstić information content (AvgIpc) is 1.64. The lowest BCUT2D eigenvalue weighted by Crippen LogP contribution is -2.46. The minimum atomic E-state index is -1.31. The van der Waals surface area contributed by atoms with Crippen LogP contribution in [0.2, 0.25) is 0 Å². The third-order valence-electron chi connectivity index (χ3n) is 0.392. The molecule has 2 amide bonds. The maximum Gasteiger partial charge on any atom is 0.397 e. The Morgan fingerprint density at radius 1 is 1.25 bits per heavy atom. The fourth-order valence-corrected chi connectivity index (χ4v) is 0.105. The SMILES string of the molecule is NN(O)C(=O)N(N)O.